The van der Waals surface area contributed by atoms with E-state index in [9.17, 15) is 4.79 Å². The number of carbonyl (C=O) groups excluding carboxylic acids is 1. The van der Waals surface area contributed by atoms with Gasteiger partial charge in [-0.2, -0.15) is 0 Å². The lowest BCUT2D eigenvalue weighted by Gasteiger charge is -2.11. The average molecular weight is 306 g/mol. The molecular formula is C15H22N4O3. The van der Waals surface area contributed by atoms with Crippen LogP contribution in [-0.2, 0) is 9.47 Å². The van der Waals surface area contributed by atoms with Crippen molar-refractivity contribution in [3.63, 3.8) is 0 Å². The van der Waals surface area contributed by atoms with Crippen molar-refractivity contribution in [3.8, 4) is 0 Å². The second-order valence-corrected chi connectivity index (χ2v) is 5.08. The van der Waals surface area contributed by atoms with Gasteiger partial charge >= 0.3 is 6.09 Å². The minimum absolute atomic E-state index is 0.354. The third-order valence-electron chi connectivity index (χ3n) is 3.07. The van der Waals surface area contributed by atoms with E-state index in [4.69, 9.17) is 9.47 Å². The third kappa shape index (κ3) is 4.11. The van der Waals surface area contributed by atoms with Crippen LogP contribution in [0.3, 0.4) is 0 Å². The first-order chi connectivity index (χ1) is 10.6. The van der Waals surface area contributed by atoms with E-state index in [0.29, 0.717) is 32.2 Å². The number of hydrogen-bond acceptors (Lipinski definition) is 6. The summed E-state index contributed by atoms with van der Waals surface area (Å²) in [5.41, 5.74) is 4.52. The molecule has 7 heteroatoms. The number of aromatic nitrogens is 1. The summed E-state index contributed by atoms with van der Waals surface area (Å²) in [6.07, 6.45) is 3.17. The molecule has 0 aromatic carbocycles. The van der Waals surface area contributed by atoms with E-state index >= 15 is 0 Å². The van der Waals surface area contributed by atoms with Crippen molar-refractivity contribution in [3.05, 3.63) is 29.6 Å². The van der Waals surface area contributed by atoms with E-state index in [2.05, 4.69) is 10.5 Å². The molecule has 22 heavy (non-hydrogen) atoms. The van der Waals surface area contributed by atoms with Gasteiger partial charge in [0.05, 0.1) is 18.8 Å². The molecule has 0 radical (unpaired) electrons. The number of nitrogens with one attached hydrogen (secondary N) is 1. The highest BCUT2D eigenvalue weighted by molar-refractivity contribution is 5.99. The highest BCUT2D eigenvalue weighted by atomic mass is 16.5. The molecule has 0 atom stereocenters. The van der Waals surface area contributed by atoms with E-state index in [-0.39, 0.29) is 6.09 Å². The molecule has 0 unspecified atom stereocenters. The molecule has 0 fully saturated rings. The van der Waals surface area contributed by atoms with Crippen LogP contribution in [0.5, 0.6) is 0 Å². The Morgan fingerprint density at radius 2 is 2.36 bits per heavy atom. The molecule has 1 N–H and O–H groups in total. The molecule has 1 aromatic heterocycles. The summed E-state index contributed by atoms with van der Waals surface area (Å²) in [5.74, 6) is 0.566. The molecule has 2 heterocycles. The van der Waals surface area contributed by atoms with Crippen molar-refractivity contribution >= 4 is 18.1 Å². The van der Waals surface area contributed by atoms with Crippen LogP contribution in [0.1, 0.15) is 12.6 Å². The Bertz CT molecular complexity index is 575. The number of hydrazone groups is 1. The summed E-state index contributed by atoms with van der Waals surface area (Å²) in [4.78, 5) is 14.1. The van der Waals surface area contributed by atoms with Crippen LogP contribution in [-0.4, -0.2) is 61.9 Å². The highest BCUT2D eigenvalue weighted by Crippen LogP contribution is 2.13. The fraction of sp³-hybridized carbons (Fsp3) is 0.467. The Balaban J connectivity index is 2.06. The van der Waals surface area contributed by atoms with E-state index in [0.717, 1.165) is 11.3 Å². The van der Waals surface area contributed by atoms with Crippen LogP contribution in [0.4, 0.5) is 4.79 Å². The molecule has 2 rings (SSSR count). The second-order valence-electron chi connectivity index (χ2n) is 5.08. The fourth-order valence-corrected chi connectivity index (χ4v) is 1.96. The van der Waals surface area contributed by atoms with Crippen LogP contribution in [0.15, 0.2) is 29.0 Å². The number of carbonyl (C=O) groups is 1. The zero-order chi connectivity index (χ0) is 15.9. The Hall–Kier alpha value is -2.28. The monoisotopic (exact) mass is 306 g/mol. The lowest BCUT2D eigenvalue weighted by Crippen LogP contribution is -2.22. The van der Waals surface area contributed by atoms with Gasteiger partial charge in [-0.05, 0) is 39.2 Å². The largest absolute Gasteiger partial charge is 0.477 e. The Morgan fingerprint density at radius 3 is 3.09 bits per heavy atom. The topological polar surface area (TPSA) is 68.1 Å². The lowest BCUT2D eigenvalue weighted by atomic mass is 10.2. The summed E-state index contributed by atoms with van der Waals surface area (Å²) < 4.78 is 12.2. The summed E-state index contributed by atoms with van der Waals surface area (Å²) in [7, 11) is 3.86. The van der Waals surface area contributed by atoms with Crippen molar-refractivity contribution in [1.82, 2.24) is 14.9 Å². The quantitative estimate of drug-likeness (QED) is 0.890. The first-order valence-electron chi connectivity index (χ1n) is 7.25. The number of hydrogen-bond donors (Lipinski definition) is 1. The molecule has 1 aliphatic rings. The maximum atomic E-state index is 12.1. The fourth-order valence-electron chi connectivity index (χ4n) is 1.96. The predicted molar refractivity (Wildman–Crippen MR) is 84.8 cm³/mol. The van der Waals surface area contributed by atoms with E-state index in [1.807, 2.05) is 38.1 Å². The van der Waals surface area contributed by atoms with Crippen molar-refractivity contribution in [2.75, 3.05) is 40.4 Å². The van der Waals surface area contributed by atoms with E-state index in [1.165, 1.54) is 4.57 Å². The molecule has 120 valence electrons. The van der Waals surface area contributed by atoms with Gasteiger partial charge in [-0.15, -0.1) is 5.10 Å². The maximum Gasteiger partial charge on any atom is 0.418 e. The van der Waals surface area contributed by atoms with Crippen LogP contribution in [0, 0.1) is 0 Å². The third-order valence-corrected chi connectivity index (χ3v) is 3.07. The van der Waals surface area contributed by atoms with Crippen LogP contribution < -0.4 is 5.43 Å². The zero-order valence-electron chi connectivity index (χ0n) is 13.2. The molecular weight excluding hydrogens is 284 g/mol. The molecule has 0 saturated heterocycles. The van der Waals surface area contributed by atoms with Crippen LogP contribution in [0.2, 0.25) is 0 Å². The molecule has 1 aliphatic heterocycles. The standard InChI is InChI=1S/C15H22N4O3/c1-4-21-14-12(11-16-17-14)10-13-6-5-7-19(13)15(20)22-9-8-18(2)3/h5-7,10,16H,4,8-9,11H2,1-3H3/b12-10+. The van der Waals surface area contributed by atoms with Gasteiger partial charge in [-0.3, -0.25) is 4.57 Å². The van der Waals surface area contributed by atoms with Gasteiger partial charge in [0.2, 0.25) is 5.90 Å². The summed E-state index contributed by atoms with van der Waals surface area (Å²) in [6.45, 7) is 4.08. The van der Waals surface area contributed by atoms with Gasteiger partial charge in [-0.25, -0.2) is 4.79 Å². The zero-order valence-corrected chi connectivity index (χ0v) is 13.2. The molecule has 0 bridgehead atoms. The Labute approximate surface area is 130 Å². The molecule has 1 aromatic rings. The predicted octanol–water partition coefficient (Wildman–Crippen LogP) is 1.37. The number of ether oxygens (including phenoxy) is 2. The summed E-state index contributed by atoms with van der Waals surface area (Å²) >= 11 is 0. The number of likely N-dealkylation sites (N-methyl/N-ethyl adjacent to an activating group) is 1. The molecule has 0 amide bonds. The maximum absolute atomic E-state index is 12.1. The minimum atomic E-state index is -0.389. The van der Waals surface area contributed by atoms with Crippen molar-refractivity contribution in [1.29, 1.82) is 0 Å². The van der Waals surface area contributed by atoms with E-state index in [1.54, 1.807) is 12.3 Å². The van der Waals surface area contributed by atoms with Crippen LogP contribution >= 0.6 is 0 Å². The van der Waals surface area contributed by atoms with Crippen molar-refractivity contribution < 1.29 is 14.3 Å². The first-order valence-corrected chi connectivity index (χ1v) is 7.25. The SMILES string of the molecule is CCOC1=NNC/C1=C\c1cccn1C(=O)OCCN(C)C. The molecule has 0 aliphatic carbocycles. The minimum Gasteiger partial charge on any atom is -0.477 e. The van der Waals surface area contributed by atoms with Crippen molar-refractivity contribution in [2.45, 2.75) is 6.92 Å². The first kappa shape index (κ1) is 16.1. The normalized spacial score (nSPS) is 15.8. The van der Waals surface area contributed by atoms with Gasteiger partial charge in [0.25, 0.3) is 0 Å². The summed E-state index contributed by atoms with van der Waals surface area (Å²) in [5, 5.41) is 4.08. The van der Waals surface area contributed by atoms with Gasteiger partial charge in [0, 0.05) is 18.3 Å². The Morgan fingerprint density at radius 1 is 1.55 bits per heavy atom. The average Bonchev–Trinajstić information content (AvgIpc) is 3.09. The van der Waals surface area contributed by atoms with E-state index < -0.39 is 0 Å². The summed E-state index contributed by atoms with van der Waals surface area (Å²) in [6, 6.07) is 3.65. The molecule has 7 nitrogen and oxygen atoms in total. The van der Waals surface area contributed by atoms with Gasteiger partial charge in [-0.1, -0.05) is 0 Å². The Kier molecular flexibility index (Phi) is 5.60. The number of rotatable bonds is 5. The molecule has 0 spiro atoms. The van der Waals surface area contributed by atoms with Crippen molar-refractivity contribution in [2.24, 2.45) is 5.10 Å². The second kappa shape index (κ2) is 7.65. The van der Waals surface area contributed by atoms with Gasteiger partial charge < -0.3 is 19.8 Å². The molecule has 0 saturated carbocycles. The number of nitrogens with zero attached hydrogens (tertiary/aromatic N) is 3. The lowest BCUT2D eigenvalue weighted by molar-refractivity contribution is 0.138. The highest BCUT2D eigenvalue weighted by Gasteiger charge is 2.16. The van der Waals surface area contributed by atoms with Gasteiger partial charge in [0.1, 0.15) is 6.61 Å². The van der Waals surface area contributed by atoms with Crippen LogP contribution in [0.25, 0.3) is 6.08 Å². The van der Waals surface area contributed by atoms with Gasteiger partial charge in [0.15, 0.2) is 0 Å². The smallest absolute Gasteiger partial charge is 0.418 e.